The molecule has 1 amide bonds. The van der Waals surface area contributed by atoms with Crippen molar-refractivity contribution < 1.29 is 19.0 Å². The lowest BCUT2D eigenvalue weighted by Gasteiger charge is -2.19. The average molecular weight is 361 g/mol. The summed E-state index contributed by atoms with van der Waals surface area (Å²) in [4.78, 5) is 15.6. The predicted molar refractivity (Wildman–Crippen MR) is 100 cm³/mol. The molecule has 134 valence electrons. The van der Waals surface area contributed by atoms with Gasteiger partial charge in [0.05, 0.1) is 21.3 Å². The number of methoxy groups -OCH3 is 3. The molecule has 0 heterocycles. The van der Waals surface area contributed by atoms with E-state index >= 15 is 0 Å². The fraction of sp³-hybridized carbons (Fsp3) is 0.316. The Bertz CT molecular complexity index is 706. The van der Waals surface area contributed by atoms with E-state index in [9.17, 15) is 4.79 Å². The van der Waals surface area contributed by atoms with E-state index in [0.29, 0.717) is 29.4 Å². The van der Waals surface area contributed by atoms with Crippen molar-refractivity contribution in [3.63, 3.8) is 0 Å². The molecule has 0 aliphatic heterocycles. The molecule has 0 fully saturated rings. The van der Waals surface area contributed by atoms with Crippen LogP contribution in [0.4, 0.5) is 0 Å². The number of ether oxygens (including phenoxy) is 3. The molecule has 0 spiro atoms. The monoisotopic (exact) mass is 361 g/mol. The Balaban J connectivity index is 2.23. The van der Waals surface area contributed by atoms with Crippen molar-refractivity contribution in [2.45, 2.75) is 11.4 Å². The summed E-state index contributed by atoms with van der Waals surface area (Å²) in [5, 5.41) is 0. The van der Waals surface area contributed by atoms with Crippen molar-refractivity contribution in [2.75, 3.05) is 34.6 Å². The molecular formula is C19H23NO4S. The molecule has 2 aromatic carbocycles. The number of nitrogens with zero attached hydrogens (tertiary/aromatic N) is 1. The summed E-state index contributed by atoms with van der Waals surface area (Å²) >= 11 is 1.69. The van der Waals surface area contributed by atoms with E-state index in [4.69, 9.17) is 14.2 Å². The van der Waals surface area contributed by atoms with Crippen LogP contribution in [0.5, 0.6) is 17.2 Å². The molecule has 0 bridgehead atoms. The van der Waals surface area contributed by atoms with E-state index in [-0.39, 0.29) is 5.91 Å². The lowest BCUT2D eigenvalue weighted by atomic mass is 10.1. The summed E-state index contributed by atoms with van der Waals surface area (Å²) in [5.41, 5.74) is 1.55. The second-order valence-corrected chi connectivity index (χ2v) is 6.30. The minimum absolute atomic E-state index is 0.117. The first-order chi connectivity index (χ1) is 12.0. The van der Waals surface area contributed by atoms with Crippen molar-refractivity contribution in [3.05, 3.63) is 47.5 Å². The molecule has 0 unspecified atom stereocenters. The zero-order chi connectivity index (χ0) is 18.4. The Morgan fingerprint density at radius 2 is 1.56 bits per heavy atom. The number of rotatable bonds is 7. The van der Waals surface area contributed by atoms with Gasteiger partial charge >= 0.3 is 0 Å². The van der Waals surface area contributed by atoms with Gasteiger partial charge in [-0.05, 0) is 36.1 Å². The van der Waals surface area contributed by atoms with Crippen LogP contribution >= 0.6 is 11.8 Å². The first kappa shape index (κ1) is 19.0. The van der Waals surface area contributed by atoms with Crippen LogP contribution < -0.4 is 14.2 Å². The number of thioether (sulfide) groups is 1. The summed E-state index contributed by atoms with van der Waals surface area (Å²) in [7, 11) is 6.37. The number of carbonyl (C=O) groups excluding carboxylic acids is 1. The molecule has 0 saturated heterocycles. The van der Waals surface area contributed by atoms with Crippen molar-refractivity contribution in [3.8, 4) is 17.2 Å². The highest BCUT2D eigenvalue weighted by Crippen LogP contribution is 2.38. The highest BCUT2D eigenvalue weighted by molar-refractivity contribution is 7.98. The van der Waals surface area contributed by atoms with Crippen LogP contribution in [-0.2, 0) is 6.54 Å². The van der Waals surface area contributed by atoms with Gasteiger partial charge in [0.2, 0.25) is 5.75 Å². The lowest BCUT2D eigenvalue weighted by Crippen LogP contribution is -2.26. The van der Waals surface area contributed by atoms with Crippen molar-refractivity contribution in [1.29, 1.82) is 0 Å². The normalized spacial score (nSPS) is 10.3. The standard InChI is InChI=1S/C19H23NO4S/c1-20(12-13-6-8-15(25-5)9-7-13)19(21)14-10-16(22-2)18(24-4)17(11-14)23-3/h6-11H,12H2,1-5H3. The number of hydrogen-bond acceptors (Lipinski definition) is 5. The topological polar surface area (TPSA) is 48.0 Å². The third-order valence-corrected chi connectivity index (χ3v) is 4.58. The molecule has 0 aliphatic rings. The van der Waals surface area contributed by atoms with Crippen LogP contribution in [0.3, 0.4) is 0 Å². The molecule has 25 heavy (non-hydrogen) atoms. The van der Waals surface area contributed by atoms with Gasteiger partial charge in [-0.1, -0.05) is 12.1 Å². The third-order valence-electron chi connectivity index (χ3n) is 3.84. The summed E-state index contributed by atoms with van der Waals surface area (Å²) in [6.07, 6.45) is 2.04. The highest BCUT2D eigenvalue weighted by atomic mass is 32.2. The minimum Gasteiger partial charge on any atom is -0.493 e. The number of carbonyl (C=O) groups is 1. The van der Waals surface area contributed by atoms with E-state index in [1.54, 1.807) is 35.8 Å². The summed E-state index contributed by atoms with van der Waals surface area (Å²) in [6.45, 7) is 0.518. The van der Waals surface area contributed by atoms with Crippen LogP contribution in [0, 0.1) is 0 Å². The van der Waals surface area contributed by atoms with E-state index in [0.717, 1.165) is 5.56 Å². The summed E-state index contributed by atoms with van der Waals surface area (Å²) in [6, 6.07) is 11.5. The van der Waals surface area contributed by atoms with Crippen molar-refractivity contribution >= 4 is 17.7 Å². The first-order valence-electron chi connectivity index (χ1n) is 7.72. The summed E-state index contributed by atoms with van der Waals surface area (Å²) < 4.78 is 15.9. The Kier molecular flexibility index (Phi) is 6.58. The Morgan fingerprint density at radius 1 is 1.00 bits per heavy atom. The smallest absolute Gasteiger partial charge is 0.254 e. The maximum Gasteiger partial charge on any atom is 0.254 e. The summed E-state index contributed by atoms with van der Waals surface area (Å²) in [5.74, 6) is 1.27. The van der Waals surface area contributed by atoms with Crippen LogP contribution in [0.25, 0.3) is 0 Å². The molecule has 0 saturated carbocycles. The maximum absolute atomic E-state index is 12.8. The van der Waals surface area contributed by atoms with Gasteiger partial charge in [0.25, 0.3) is 5.91 Å². The average Bonchev–Trinajstić information content (AvgIpc) is 2.66. The van der Waals surface area contributed by atoms with Gasteiger partial charge < -0.3 is 19.1 Å². The van der Waals surface area contributed by atoms with E-state index in [1.807, 2.05) is 18.4 Å². The van der Waals surface area contributed by atoms with Crippen LogP contribution in [0.1, 0.15) is 15.9 Å². The Hall–Kier alpha value is -2.34. The highest BCUT2D eigenvalue weighted by Gasteiger charge is 2.19. The molecule has 0 N–H and O–H groups in total. The Labute approximate surface area is 152 Å². The third kappa shape index (κ3) is 4.39. The molecule has 5 nitrogen and oxygen atoms in total. The molecule has 0 aliphatic carbocycles. The van der Waals surface area contributed by atoms with Crippen LogP contribution in [0.15, 0.2) is 41.3 Å². The van der Waals surface area contributed by atoms with E-state index in [2.05, 4.69) is 12.1 Å². The number of hydrogen-bond donors (Lipinski definition) is 0. The molecular weight excluding hydrogens is 338 g/mol. The fourth-order valence-corrected chi connectivity index (χ4v) is 2.91. The molecule has 0 atom stereocenters. The van der Waals surface area contributed by atoms with Gasteiger partial charge in [0, 0.05) is 24.1 Å². The first-order valence-corrected chi connectivity index (χ1v) is 8.95. The van der Waals surface area contributed by atoms with Gasteiger partial charge in [-0.2, -0.15) is 0 Å². The number of amides is 1. The van der Waals surface area contributed by atoms with Gasteiger partial charge in [0.1, 0.15) is 0 Å². The second kappa shape index (κ2) is 8.67. The van der Waals surface area contributed by atoms with Gasteiger partial charge in [-0.25, -0.2) is 0 Å². The predicted octanol–water partition coefficient (Wildman–Crippen LogP) is 3.71. The zero-order valence-corrected chi connectivity index (χ0v) is 16.0. The molecule has 0 aromatic heterocycles. The van der Waals surface area contributed by atoms with Crippen LogP contribution in [-0.4, -0.2) is 45.4 Å². The van der Waals surface area contributed by atoms with Gasteiger partial charge in [-0.15, -0.1) is 11.8 Å². The lowest BCUT2D eigenvalue weighted by molar-refractivity contribution is 0.0784. The van der Waals surface area contributed by atoms with Crippen molar-refractivity contribution in [1.82, 2.24) is 4.90 Å². The number of benzene rings is 2. The zero-order valence-electron chi connectivity index (χ0n) is 15.2. The van der Waals surface area contributed by atoms with Crippen molar-refractivity contribution in [2.24, 2.45) is 0 Å². The fourth-order valence-electron chi connectivity index (χ4n) is 2.50. The van der Waals surface area contributed by atoms with E-state index in [1.165, 1.54) is 26.2 Å². The molecule has 2 rings (SSSR count). The Morgan fingerprint density at radius 3 is 2.00 bits per heavy atom. The van der Waals surface area contributed by atoms with E-state index < -0.39 is 0 Å². The molecule has 6 heteroatoms. The maximum atomic E-state index is 12.8. The minimum atomic E-state index is -0.117. The molecule has 0 radical (unpaired) electrons. The molecule has 2 aromatic rings. The quantitative estimate of drug-likeness (QED) is 0.704. The SMILES string of the molecule is COc1cc(C(=O)N(C)Cc2ccc(SC)cc2)cc(OC)c1OC. The second-order valence-electron chi connectivity index (χ2n) is 5.42. The van der Waals surface area contributed by atoms with Gasteiger partial charge in [0.15, 0.2) is 11.5 Å². The van der Waals surface area contributed by atoms with Crippen LogP contribution in [0.2, 0.25) is 0 Å². The largest absolute Gasteiger partial charge is 0.493 e. The van der Waals surface area contributed by atoms with Gasteiger partial charge in [-0.3, -0.25) is 4.79 Å².